The molecule has 0 saturated carbocycles. The molecule has 0 unspecified atom stereocenters. The van der Waals surface area contributed by atoms with Crippen LogP contribution >= 0.6 is 0 Å². The van der Waals surface area contributed by atoms with Crippen LogP contribution in [0.25, 0.3) is 6.20 Å². The summed E-state index contributed by atoms with van der Waals surface area (Å²) in [5, 5.41) is 0. The quantitative estimate of drug-likeness (QED) is 0.681. The van der Waals surface area contributed by atoms with E-state index in [1.165, 1.54) is 0 Å². The molecule has 2 heterocycles. The second-order valence-electron chi connectivity index (χ2n) is 2.07. The van der Waals surface area contributed by atoms with E-state index < -0.39 is 0 Å². The summed E-state index contributed by atoms with van der Waals surface area (Å²) in [6.07, 6.45) is 10.7. The van der Waals surface area contributed by atoms with Crippen LogP contribution in [0, 0.1) is 0 Å². The van der Waals surface area contributed by atoms with Gasteiger partial charge in [-0.3, -0.25) is 0 Å². The number of hydrogen-bond acceptors (Lipinski definition) is 1. The molecule has 0 amide bonds. The zero-order chi connectivity index (χ0) is 8.65. The minimum atomic E-state index is 1.62. The van der Waals surface area contributed by atoms with Gasteiger partial charge in [-0.25, -0.2) is 4.98 Å². The topological polar surface area (TPSA) is 33.6 Å². The van der Waals surface area contributed by atoms with Crippen LogP contribution in [-0.4, -0.2) is 14.5 Å². The van der Waals surface area contributed by atoms with Gasteiger partial charge in [-0.05, 0) is 12.1 Å². The fourth-order valence-corrected chi connectivity index (χ4v) is 0.685. The molecule has 1 N–H and O–H groups in total. The van der Waals surface area contributed by atoms with Gasteiger partial charge in [0.2, 0.25) is 0 Å². The van der Waals surface area contributed by atoms with Gasteiger partial charge in [-0.1, -0.05) is 6.58 Å². The Bertz CT molecular complexity index is 264. The molecule has 0 aliphatic carbocycles. The zero-order valence-corrected chi connectivity index (χ0v) is 6.72. The lowest BCUT2D eigenvalue weighted by atomic mass is 10.7. The first-order valence-corrected chi connectivity index (χ1v) is 3.61. The second kappa shape index (κ2) is 4.96. The normalized spacial score (nSPS) is 8.33. The van der Waals surface area contributed by atoms with Crippen LogP contribution in [0.4, 0.5) is 0 Å². The standard InChI is InChI=1S/C6H7N.C3H4N2/c1-2-7-5-3-4-6-7;1-2-5-3-4-1/h2-6H,1H2;1-3H,(H,4,5). The van der Waals surface area contributed by atoms with Gasteiger partial charge in [-0.2, -0.15) is 0 Å². The van der Waals surface area contributed by atoms with Gasteiger partial charge in [0.15, 0.2) is 0 Å². The summed E-state index contributed by atoms with van der Waals surface area (Å²) in [6.45, 7) is 3.57. The van der Waals surface area contributed by atoms with Crippen molar-refractivity contribution in [1.82, 2.24) is 14.5 Å². The van der Waals surface area contributed by atoms with Crippen molar-refractivity contribution in [1.29, 1.82) is 0 Å². The Labute approximate surface area is 71.4 Å². The van der Waals surface area contributed by atoms with Crippen LogP contribution in [0.1, 0.15) is 0 Å². The molecule has 0 saturated heterocycles. The Morgan fingerprint density at radius 2 is 2.08 bits per heavy atom. The first-order valence-electron chi connectivity index (χ1n) is 3.61. The third-order valence-corrected chi connectivity index (χ3v) is 1.24. The van der Waals surface area contributed by atoms with Crippen molar-refractivity contribution in [2.75, 3.05) is 0 Å². The lowest BCUT2D eigenvalue weighted by Crippen LogP contribution is -1.72. The SMILES string of the molecule is C=Cn1cccc1.c1c[nH]cn1. The largest absolute Gasteiger partial charge is 0.351 e. The Kier molecular flexibility index (Phi) is 3.44. The molecule has 2 rings (SSSR count). The number of H-pyrrole nitrogens is 1. The third kappa shape index (κ3) is 2.88. The number of nitrogens with one attached hydrogen (secondary N) is 1. The molecule has 0 bridgehead atoms. The molecule has 0 aliphatic heterocycles. The predicted molar refractivity (Wildman–Crippen MR) is 49.4 cm³/mol. The average molecular weight is 161 g/mol. The summed E-state index contributed by atoms with van der Waals surface area (Å²) in [4.78, 5) is 6.42. The number of rotatable bonds is 1. The van der Waals surface area contributed by atoms with Crippen LogP contribution in [0.15, 0.2) is 49.8 Å². The number of nitrogens with zero attached hydrogens (tertiary/aromatic N) is 2. The predicted octanol–water partition coefficient (Wildman–Crippen LogP) is 2.00. The van der Waals surface area contributed by atoms with E-state index in [1.807, 2.05) is 29.1 Å². The van der Waals surface area contributed by atoms with E-state index in [0.717, 1.165) is 0 Å². The van der Waals surface area contributed by atoms with Crippen molar-refractivity contribution in [3.05, 3.63) is 49.8 Å². The number of hydrogen-bond donors (Lipinski definition) is 1. The highest BCUT2D eigenvalue weighted by Gasteiger charge is 1.71. The molecule has 12 heavy (non-hydrogen) atoms. The highest BCUT2D eigenvalue weighted by molar-refractivity contribution is 5.17. The van der Waals surface area contributed by atoms with Crippen LogP contribution in [-0.2, 0) is 0 Å². The first-order chi connectivity index (χ1) is 5.93. The van der Waals surface area contributed by atoms with Crippen LogP contribution in [0.3, 0.4) is 0 Å². The molecule has 3 heteroatoms. The monoisotopic (exact) mass is 161 g/mol. The molecule has 0 fully saturated rings. The van der Waals surface area contributed by atoms with Crippen molar-refractivity contribution in [3.63, 3.8) is 0 Å². The molecule has 2 aromatic heterocycles. The summed E-state index contributed by atoms with van der Waals surface area (Å²) >= 11 is 0. The highest BCUT2D eigenvalue weighted by atomic mass is 14.9. The fourth-order valence-electron chi connectivity index (χ4n) is 0.685. The van der Waals surface area contributed by atoms with Gasteiger partial charge < -0.3 is 9.55 Å². The van der Waals surface area contributed by atoms with Gasteiger partial charge in [0.05, 0.1) is 6.33 Å². The van der Waals surface area contributed by atoms with Gasteiger partial charge in [-0.15, -0.1) is 0 Å². The minimum Gasteiger partial charge on any atom is -0.351 e. The van der Waals surface area contributed by atoms with E-state index in [0.29, 0.717) is 0 Å². The lowest BCUT2D eigenvalue weighted by Gasteiger charge is -1.82. The van der Waals surface area contributed by atoms with E-state index in [1.54, 1.807) is 24.9 Å². The van der Waals surface area contributed by atoms with Crippen molar-refractivity contribution in [2.24, 2.45) is 0 Å². The fraction of sp³-hybridized carbons (Fsp3) is 0. The number of imidazole rings is 1. The maximum absolute atomic E-state index is 3.67. The molecule has 0 atom stereocenters. The summed E-state index contributed by atoms with van der Waals surface area (Å²) in [5.41, 5.74) is 0. The Morgan fingerprint density at radius 1 is 1.33 bits per heavy atom. The lowest BCUT2D eigenvalue weighted by molar-refractivity contribution is 1.18. The van der Waals surface area contributed by atoms with Crippen molar-refractivity contribution in [3.8, 4) is 0 Å². The minimum absolute atomic E-state index is 1.62. The smallest absolute Gasteiger partial charge is 0.0919 e. The van der Waals surface area contributed by atoms with Gasteiger partial charge >= 0.3 is 0 Å². The Balaban J connectivity index is 0.000000127. The Hall–Kier alpha value is -1.77. The van der Waals surface area contributed by atoms with Crippen molar-refractivity contribution >= 4 is 6.20 Å². The highest BCUT2D eigenvalue weighted by Crippen LogP contribution is 1.86. The van der Waals surface area contributed by atoms with E-state index in [-0.39, 0.29) is 0 Å². The van der Waals surface area contributed by atoms with E-state index in [2.05, 4.69) is 16.5 Å². The Morgan fingerprint density at radius 3 is 2.33 bits per heavy atom. The molecular formula is C9H11N3. The van der Waals surface area contributed by atoms with Gasteiger partial charge in [0.25, 0.3) is 0 Å². The molecular weight excluding hydrogens is 150 g/mol. The second-order valence-corrected chi connectivity index (χ2v) is 2.07. The van der Waals surface area contributed by atoms with Crippen molar-refractivity contribution in [2.45, 2.75) is 0 Å². The maximum Gasteiger partial charge on any atom is 0.0919 e. The molecule has 0 spiro atoms. The molecule has 62 valence electrons. The number of aromatic amines is 1. The number of aromatic nitrogens is 3. The summed E-state index contributed by atoms with van der Waals surface area (Å²) in [5.74, 6) is 0. The van der Waals surface area contributed by atoms with Crippen molar-refractivity contribution < 1.29 is 0 Å². The van der Waals surface area contributed by atoms with E-state index >= 15 is 0 Å². The molecule has 0 radical (unpaired) electrons. The molecule has 2 aromatic rings. The van der Waals surface area contributed by atoms with Crippen LogP contribution in [0.2, 0.25) is 0 Å². The van der Waals surface area contributed by atoms with E-state index in [4.69, 9.17) is 0 Å². The zero-order valence-electron chi connectivity index (χ0n) is 6.72. The molecule has 0 aromatic carbocycles. The van der Waals surface area contributed by atoms with Crippen LogP contribution in [0.5, 0.6) is 0 Å². The summed E-state index contributed by atoms with van der Waals surface area (Å²) < 4.78 is 1.89. The third-order valence-electron chi connectivity index (χ3n) is 1.24. The van der Waals surface area contributed by atoms with Crippen LogP contribution < -0.4 is 0 Å². The average Bonchev–Trinajstić information content (AvgIpc) is 2.81. The maximum atomic E-state index is 3.67. The molecule has 3 nitrogen and oxygen atoms in total. The molecule has 0 aliphatic rings. The summed E-state index contributed by atoms with van der Waals surface area (Å²) in [6, 6.07) is 3.92. The van der Waals surface area contributed by atoms with Gasteiger partial charge in [0.1, 0.15) is 0 Å². The van der Waals surface area contributed by atoms with Gasteiger partial charge in [0, 0.05) is 31.0 Å². The van der Waals surface area contributed by atoms with E-state index in [9.17, 15) is 0 Å². The summed E-state index contributed by atoms with van der Waals surface area (Å²) in [7, 11) is 0. The first kappa shape index (κ1) is 8.33.